The lowest BCUT2D eigenvalue weighted by atomic mass is 10.3. The number of aryl methyl sites for hydroxylation is 1. The Hall–Kier alpha value is -1.95. The van der Waals surface area contributed by atoms with Gasteiger partial charge in [0.2, 0.25) is 0 Å². The molecule has 0 amide bonds. The Morgan fingerprint density at radius 2 is 2.05 bits per heavy atom. The van der Waals surface area contributed by atoms with E-state index in [4.69, 9.17) is 10.5 Å². The molecule has 106 valence electrons. The molecule has 0 radical (unpaired) electrons. The standard InChI is InChI=1S/C14H17N3O2S/c1-4-11-16-12(14(18)19-2)13(15)17(11)9-5-7-10(20-3)8-6-9/h5-8H,4,15H2,1-3H3. The third-order valence-corrected chi connectivity index (χ3v) is 3.75. The first kappa shape index (κ1) is 14.5. The second-order valence-electron chi connectivity index (χ2n) is 4.14. The number of hydrogen-bond donors (Lipinski definition) is 1. The van der Waals surface area contributed by atoms with Crippen molar-refractivity contribution in [1.82, 2.24) is 9.55 Å². The Balaban J connectivity index is 2.54. The van der Waals surface area contributed by atoms with Gasteiger partial charge in [-0.3, -0.25) is 4.57 Å². The minimum Gasteiger partial charge on any atom is -0.464 e. The molecule has 0 fully saturated rings. The lowest BCUT2D eigenvalue weighted by Crippen LogP contribution is -2.08. The number of thioether (sulfide) groups is 1. The van der Waals surface area contributed by atoms with E-state index < -0.39 is 5.97 Å². The van der Waals surface area contributed by atoms with Crippen LogP contribution in [0.2, 0.25) is 0 Å². The average Bonchev–Trinajstić information content (AvgIpc) is 2.83. The zero-order chi connectivity index (χ0) is 14.7. The van der Waals surface area contributed by atoms with E-state index in [-0.39, 0.29) is 5.69 Å². The molecule has 2 aromatic rings. The number of nitrogen functional groups attached to an aromatic ring is 1. The van der Waals surface area contributed by atoms with Crippen molar-refractivity contribution in [2.24, 2.45) is 0 Å². The van der Waals surface area contributed by atoms with Crippen molar-refractivity contribution in [3.63, 3.8) is 0 Å². The highest BCUT2D eigenvalue weighted by Gasteiger charge is 2.21. The predicted molar refractivity (Wildman–Crippen MR) is 80.5 cm³/mol. The molecular weight excluding hydrogens is 274 g/mol. The molecule has 20 heavy (non-hydrogen) atoms. The van der Waals surface area contributed by atoms with E-state index >= 15 is 0 Å². The maximum atomic E-state index is 11.7. The molecule has 0 aliphatic rings. The van der Waals surface area contributed by atoms with E-state index in [1.165, 1.54) is 12.0 Å². The maximum absolute atomic E-state index is 11.7. The molecule has 0 aliphatic heterocycles. The first-order valence-corrected chi connectivity index (χ1v) is 7.44. The molecule has 0 unspecified atom stereocenters. The van der Waals surface area contributed by atoms with Gasteiger partial charge in [-0.05, 0) is 30.5 Å². The summed E-state index contributed by atoms with van der Waals surface area (Å²) in [7, 11) is 1.32. The molecule has 0 bridgehead atoms. The summed E-state index contributed by atoms with van der Waals surface area (Å²) in [5.41, 5.74) is 7.11. The molecule has 2 rings (SSSR count). The van der Waals surface area contributed by atoms with Crippen LogP contribution in [0.1, 0.15) is 23.2 Å². The van der Waals surface area contributed by atoms with E-state index in [0.29, 0.717) is 12.2 Å². The number of imidazole rings is 1. The summed E-state index contributed by atoms with van der Waals surface area (Å²) in [6, 6.07) is 7.95. The normalized spacial score (nSPS) is 10.6. The van der Waals surface area contributed by atoms with Gasteiger partial charge in [-0.15, -0.1) is 11.8 Å². The summed E-state index contributed by atoms with van der Waals surface area (Å²) in [5, 5.41) is 0. The fourth-order valence-corrected chi connectivity index (χ4v) is 2.39. The summed E-state index contributed by atoms with van der Waals surface area (Å²) >= 11 is 1.67. The second kappa shape index (κ2) is 6.00. The van der Waals surface area contributed by atoms with Gasteiger partial charge in [-0.2, -0.15) is 0 Å². The van der Waals surface area contributed by atoms with Crippen LogP contribution in [0.3, 0.4) is 0 Å². The minimum absolute atomic E-state index is 0.165. The number of hydrogen-bond acceptors (Lipinski definition) is 5. The maximum Gasteiger partial charge on any atom is 0.360 e. The van der Waals surface area contributed by atoms with Crippen LogP contribution in [0, 0.1) is 0 Å². The van der Waals surface area contributed by atoms with Crippen molar-refractivity contribution in [2.75, 3.05) is 19.1 Å². The number of aromatic nitrogens is 2. The zero-order valence-electron chi connectivity index (χ0n) is 11.7. The third kappa shape index (κ3) is 2.51. The Bertz CT molecular complexity index is 620. The Labute approximate surface area is 122 Å². The first-order valence-electron chi connectivity index (χ1n) is 6.22. The number of anilines is 1. The van der Waals surface area contributed by atoms with Crippen LogP contribution in [0.4, 0.5) is 5.82 Å². The fourth-order valence-electron chi connectivity index (χ4n) is 1.98. The lowest BCUT2D eigenvalue weighted by Gasteiger charge is -2.09. The summed E-state index contributed by atoms with van der Waals surface area (Å²) < 4.78 is 6.49. The van der Waals surface area contributed by atoms with Gasteiger partial charge in [-0.25, -0.2) is 9.78 Å². The number of ether oxygens (including phenoxy) is 1. The van der Waals surface area contributed by atoms with Crippen molar-refractivity contribution < 1.29 is 9.53 Å². The summed E-state index contributed by atoms with van der Waals surface area (Å²) in [6.07, 6.45) is 2.69. The van der Waals surface area contributed by atoms with Crippen molar-refractivity contribution in [3.05, 3.63) is 35.8 Å². The number of benzene rings is 1. The first-order chi connectivity index (χ1) is 9.62. The number of carbonyl (C=O) groups is 1. The average molecular weight is 291 g/mol. The molecule has 1 aromatic heterocycles. The van der Waals surface area contributed by atoms with Gasteiger partial charge in [0.05, 0.1) is 7.11 Å². The fraction of sp³-hybridized carbons (Fsp3) is 0.286. The van der Waals surface area contributed by atoms with Crippen LogP contribution >= 0.6 is 11.8 Å². The molecule has 0 saturated carbocycles. The van der Waals surface area contributed by atoms with Crippen molar-refractivity contribution in [1.29, 1.82) is 0 Å². The molecule has 5 nitrogen and oxygen atoms in total. The molecule has 2 N–H and O–H groups in total. The highest BCUT2D eigenvalue weighted by atomic mass is 32.2. The Kier molecular flexibility index (Phi) is 4.34. The molecule has 0 spiro atoms. The van der Waals surface area contributed by atoms with Gasteiger partial charge >= 0.3 is 5.97 Å². The number of nitrogens with two attached hydrogens (primary N) is 1. The minimum atomic E-state index is -0.517. The van der Waals surface area contributed by atoms with Gasteiger partial charge in [0.25, 0.3) is 0 Å². The molecule has 1 heterocycles. The van der Waals surface area contributed by atoms with Crippen LogP contribution in [0.5, 0.6) is 0 Å². The van der Waals surface area contributed by atoms with Crippen molar-refractivity contribution in [2.45, 2.75) is 18.2 Å². The molecule has 0 atom stereocenters. The van der Waals surface area contributed by atoms with Gasteiger partial charge < -0.3 is 10.5 Å². The quantitative estimate of drug-likeness (QED) is 0.692. The predicted octanol–water partition coefficient (Wildman–Crippen LogP) is 2.53. The highest BCUT2D eigenvalue weighted by Crippen LogP contribution is 2.24. The van der Waals surface area contributed by atoms with E-state index in [0.717, 1.165) is 11.5 Å². The van der Waals surface area contributed by atoms with Crippen LogP contribution < -0.4 is 5.73 Å². The molecule has 0 saturated heterocycles. The topological polar surface area (TPSA) is 70.1 Å². The van der Waals surface area contributed by atoms with Gasteiger partial charge in [0.15, 0.2) is 5.69 Å². The van der Waals surface area contributed by atoms with Gasteiger partial charge in [-0.1, -0.05) is 6.92 Å². The van der Waals surface area contributed by atoms with Crippen LogP contribution in [0.15, 0.2) is 29.2 Å². The van der Waals surface area contributed by atoms with Crippen LogP contribution in [-0.2, 0) is 11.2 Å². The second-order valence-corrected chi connectivity index (χ2v) is 5.02. The van der Waals surface area contributed by atoms with Gasteiger partial charge in [0, 0.05) is 17.0 Å². The lowest BCUT2D eigenvalue weighted by molar-refractivity contribution is 0.0596. The summed E-state index contributed by atoms with van der Waals surface area (Å²) in [6.45, 7) is 1.97. The van der Waals surface area contributed by atoms with E-state index in [1.807, 2.05) is 37.4 Å². The van der Waals surface area contributed by atoms with Gasteiger partial charge in [0.1, 0.15) is 11.6 Å². The van der Waals surface area contributed by atoms with E-state index in [1.54, 1.807) is 16.3 Å². The molecule has 6 heteroatoms. The van der Waals surface area contributed by atoms with Crippen molar-refractivity contribution >= 4 is 23.5 Å². The summed E-state index contributed by atoms with van der Waals surface area (Å²) in [5.74, 6) is 0.530. The van der Waals surface area contributed by atoms with Crippen LogP contribution in [0.25, 0.3) is 5.69 Å². The largest absolute Gasteiger partial charge is 0.464 e. The number of esters is 1. The third-order valence-electron chi connectivity index (χ3n) is 3.01. The molecule has 0 aliphatic carbocycles. The molecule has 1 aromatic carbocycles. The zero-order valence-corrected chi connectivity index (χ0v) is 12.5. The van der Waals surface area contributed by atoms with E-state index in [9.17, 15) is 4.79 Å². The SMILES string of the molecule is CCc1nc(C(=O)OC)c(N)n1-c1ccc(SC)cc1. The van der Waals surface area contributed by atoms with E-state index in [2.05, 4.69) is 4.98 Å². The Morgan fingerprint density at radius 1 is 1.40 bits per heavy atom. The van der Waals surface area contributed by atoms with Crippen LogP contribution in [-0.4, -0.2) is 28.9 Å². The molecular formula is C14H17N3O2S. The highest BCUT2D eigenvalue weighted by molar-refractivity contribution is 7.98. The number of rotatable bonds is 4. The smallest absolute Gasteiger partial charge is 0.360 e. The Morgan fingerprint density at radius 3 is 2.55 bits per heavy atom. The summed E-state index contributed by atoms with van der Waals surface area (Å²) in [4.78, 5) is 17.1. The monoisotopic (exact) mass is 291 g/mol. The number of nitrogens with zero attached hydrogens (tertiary/aromatic N) is 2. The number of carbonyl (C=O) groups excluding carboxylic acids is 1. The van der Waals surface area contributed by atoms with Crippen molar-refractivity contribution in [3.8, 4) is 5.69 Å². The number of methoxy groups -OCH3 is 1.